The lowest BCUT2D eigenvalue weighted by atomic mass is 9.61. The molecule has 1 saturated heterocycles. The summed E-state index contributed by atoms with van der Waals surface area (Å²) >= 11 is 40.6. The van der Waals surface area contributed by atoms with E-state index in [0.29, 0.717) is 0 Å². The number of ether oxygens (including phenoxy) is 1. The van der Waals surface area contributed by atoms with E-state index in [1.54, 1.807) is 0 Å². The van der Waals surface area contributed by atoms with Gasteiger partial charge in [0.05, 0.1) is 21.3 Å². The van der Waals surface area contributed by atoms with Gasteiger partial charge in [-0.05, 0) is 25.0 Å². The van der Waals surface area contributed by atoms with Gasteiger partial charge in [0, 0.05) is 11.8 Å². The highest BCUT2D eigenvalue weighted by molar-refractivity contribution is 6.65. The van der Waals surface area contributed by atoms with Crippen molar-refractivity contribution in [3.05, 3.63) is 45.5 Å². The number of benzene rings is 1. The van der Waals surface area contributed by atoms with Gasteiger partial charge in [0.2, 0.25) is 0 Å². The minimum atomic E-state index is -1.54. The molecule has 7 heteroatoms. The van der Waals surface area contributed by atoms with E-state index in [9.17, 15) is 0 Å². The minimum absolute atomic E-state index is 0.227. The summed E-state index contributed by atoms with van der Waals surface area (Å²) in [7, 11) is 0. The van der Waals surface area contributed by atoms with Crippen LogP contribution < -0.4 is 0 Å². The number of fused-ring (bicyclic) bond motifs is 12. The first-order valence-electron chi connectivity index (χ1n) is 7.61. The summed E-state index contributed by atoms with van der Waals surface area (Å²) in [5.74, 6) is -0.594. The molecule has 1 nitrogen and oxygen atoms in total. The first kappa shape index (κ1) is 16.8. The van der Waals surface area contributed by atoms with Crippen LogP contribution in [0.15, 0.2) is 34.3 Å². The predicted octanol–water partition coefficient (Wildman–Crippen LogP) is 6.24. The molecule has 128 valence electrons. The lowest BCUT2D eigenvalue weighted by Gasteiger charge is -2.44. The van der Waals surface area contributed by atoms with Gasteiger partial charge in [0.1, 0.15) is 9.75 Å². The molecule has 0 radical (unpaired) electrons. The smallest absolute Gasteiger partial charge is 0.167 e. The van der Waals surface area contributed by atoms with Crippen LogP contribution in [-0.2, 0) is 15.9 Å². The largest absolute Gasteiger partial charge is 0.359 e. The molecule has 4 bridgehead atoms. The molecule has 5 rings (SSSR count). The van der Waals surface area contributed by atoms with Gasteiger partial charge in [-0.3, -0.25) is 0 Å². The fourth-order valence-corrected chi connectivity index (χ4v) is 8.90. The molecule has 0 unspecified atom stereocenters. The summed E-state index contributed by atoms with van der Waals surface area (Å²) in [5.41, 5.74) is 0.764. The quantitative estimate of drug-likeness (QED) is 0.430. The van der Waals surface area contributed by atoms with Crippen molar-refractivity contribution >= 4 is 69.6 Å². The highest BCUT2D eigenvalue weighted by Crippen LogP contribution is 2.85. The Hall–Kier alpha value is 0.660. The Balaban J connectivity index is 1.90. The van der Waals surface area contributed by atoms with Gasteiger partial charge in [-0.2, -0.15) is 0 Å². The van der Waals surface area contributed by atoms with Crippen LogP contribution in [0.3, 0.4) is 0 Å². The minimum Gasteiger partial charge on any atom is -0.359 e. The van der Waals surface area contributed by atoms with Crippen molar-refractivity contribution < 1.29 is 4.74 Å². The molecule has 4 aliphatic rings. The Morgan fingerprint density at radius 3 is 1.54 bits per heavy atom. The van der Waals surface area contributed by atoms with Gasteiger partial charge in [0.25, 0.3) is 0 Å². The molecule has 2 fully saturated rings. The second-order valence-electron chi connectivity index (χ2n) is 7.44. The SMILES string of the molecule is C[C@]12O[C@](C)(c3ccccc31)[C@@H]1[C@H]2[C@]2(Cl)C(Cl)=C(Cl)[C@@]1(Cl)C2(Cl)Cl. The lowest BCUT2D eigenvalue weighted by Crippen LogP contribution is -2.49. The third-order valence-corrected chi connectivity index (χ3v) is 10.8. The molecule has 1 saturated carbocycles. The maximum Gasteiger partial charge on any atom is 0.167 e. The second kappa shape index (κ2) is 4.22. The second-order valence-corrected chi connectivity index (χ2v) is 10.7. The van der Waals surface area contributed by atoms with Gasteiger partial charge in [-0.1, -0.05) is 70.7 Å². The third kappa shape index (κ3) is 1.27. The summed E-state index contributed by atoms with van der Waals surface area (Å²) in [6.07, 6.45) is 0. The maximum absolute atomic E-state index is 7.03. The van der Waals surface area contributed by atoms with E-state index in [-0.39, 0.29) is 21.9 Å². The van der Waals surface area contributed by atoms with Crippen LogP contribution in [0.1, 0.15) is 25.0 Å². The van der Waals surface area contributed by atoms with E-state index in [0.717, 1.165) is 11.1 Å². The molecule has 24 heavy (non-hydrogen) atoms. The molecular formula is C17H12Cl6O. The van der Waals surface area contributed by atoms with Gasteiger partial charge in [0.15, 0.2) is 4.33 Å². The fourth-order valence-electron chi connectivity index (χ4n) is 5.74. The monoisotopic (exact) mass is 442 g/mol. The molecule has 0 N–H and O–H groups in total. The Morgan fingerprint density at radius 2 is 1.17 bits per heavy atom. The molecule has 2 aliphatic carbocycles. The van der Waals surface area contributed by atoms with Crippen LogP contribution in [0, 0.1) is 11.8 Å². The number of hydrogen-bond acceptors (Lipinski definition) is 1. The molecule has 1 aromatic rings. The van der Waals surface area contributed by atoms with Crippen LogP contribution in [0.5, 0.6) is 0 Å². The summed E-state index contributed by atoms with van der Waals surface area (Å²) in [6, 6.07) is 8.06. The van der Waals surface area contributed by atoms with E-state index < -0.39 is 25.3 Å². The molecule has 0 spiro atoms. The summed E-state index contributed by atoms with van der Waals surface area (Å²) in [5, 5.41) is 0.455. The summed E-state index contributed by atoms with van der Waals surface area (Å²) in [4.78, 5) is -2.61. The standard InChI is InChI=1S/C17H12Cl6O/c1-13-7-5-3-4-6-8(7)14(2,24-13)10-9(13)15(20)11(18)12(19)16(10,21)17(15,22)23/h3-6,9-10H,1-2H3/t9-,10+,13+,14-,15+,16-. The van der Waals surface area contributed by atoms with E-state index in [2.05, 4.69) is 0 Å². The Bertz CT molecular complexity index is 786. The topological polar surface area (TPSA) is 9.23 Å². The van der Waals surface area contributed by atoms with Crippen molar-refractivity contribution in [2.75, 3.05) is 0 Å². The highest BCUT2D eigenvalue weighted by atomic mass is 35.5. The Morgan fingerprint density at radius 1 is 0.792 bits per heavy atom. The number of halogens is 6. The fraction of sp³-hybridized carbons (Fsp3) is 0.529. The van der Waals surface area contributed by atoms with Crippen LogP contribution >= 0.6 is 69.6 Å². The van der Waals surface area contributed by atoms with Gasteiger partial charge < -0.3 is 4.74 Å². The molecular weight excluding hydrogens is 433 g/mol. The van der Waals surface area contributed by atoms with Crippen molar-refractivity contribution in [2.45, 2.75) is 39.1 Å². The van der Waals surface area contributed by atoms with Crippen molar-refractivity contribution in [1.82, 2.24) is 0 Å². The van der Waals surface area contributed by atoms with Gasteiger partial charge >= 0.3 is 0 Å². The number of hydrogen-bond donors (Lipinski definition) is 0. The Labute approximate surface area is 170 Å². The number of rotatable bonds is 0. The summed E-state index contributed by atoms with van der Waals surface area (Å²) in [6.45, 7) is 4.02. The molecule has 1 aromatic carbocycles. The van der Waals surface area contributed by atoms with Gasteiger partial charge in [-0.15, -0.1) is 23.2 Å². The van der Waals surface area contributed by atoms with Crippen LogP contribution in [-0.4, -0.2) is 14.1 Å². The lowest BCUT2D eigenvalue weighted by molar-refractivity contribution is -0.0901. The maximum atomic E-state index is 7.03. The molecule has 2 aliphatic heterocycles. The first-order valence-corrected chi connectivity index (χ1v) is 9.88. The van der Waals surface area contributed by atoms with Gasteiger partial charge in [-0.25, -0.2) is 0 Å². The van der Waals surface area contributed by atoms with E-state index >= 15 is 0 Å². The number of allylic oxidation sites excluding steroid dienone is 2. The highest BCUT2D eigenvalue weighted by Gasteiger charge is 2.91. The zero-order valence-corrected chi connectivity index (χ0v) is 17.2. The third-order valence-electron chi connectivity index (χ3n) is 6.54. The summed E-state index contributed by atoms with van der Waals surface area (Å²) < 4.78 is 5.02. The predicted molar refractivity (Wildman–Crippen MR) is 99.5 cm³/mol. The first-order chi connectivity index (χ1) is 11.0. The van der Waals surface area contributed by atoms with E-state index in [4.69, 9.17) is 74.3 Å². The average Bonchev–Trinajstić information content (AvgIpc) is 3.01. The molecule has 0 aromatic heterocycles. The average molecular weight is 445 g/mol. The van der Waals surface area contributed by atoms with E-state index in [1.807, 2.05) is 38.1 Å². The van der Waals surface area contributed by atoms with Crippen LogP contribution in [0.4, 0.5) is 0 Å². The zero-order valence-electron chi connectivity index (χ0n) is 12.6. The van der Waals surface area contributed by atoms with Crippen molar-refractivity contribution in [2.24, 2.45) is 11.8 Å². The van der Waals surface area contributed by atoms with E-state index in [1.165, 1.54) is 0 Å². The molecule has 6 atom stereocenters. The number of alkyl halides is 4. The van der Waals surface area contributed by atoms with Crippen molar-refractivity contribution in [3.8, 4) is 0 Å². The van der Waals surface area contributed by atoms with Crippen molar-refractivity contribution in [3.63, 3.8) is 0 Å². The Kier molecular flexibility index (Phi) is 2.95. The van der Waals surface area contributed by atoms with Crippen LogP contribution in [0.2, 0.25) is 0 Å². The van der Waals surface area contributed by atoms with Crippen LogP contribution in [0.25, 0.3) is 0 Å². The normalized spacial score (nSPS) is 52.8. The zero-order chi connectivity index (χ0) is 17.5. The van der Waals surface area contributed by atoms with Crippen molar-refractivity contribution in [1.29, 1.82) is 0 Å². The molecule has 2 heterocycles. The molecule has 0 amide bonds.